The van der Waals surface area contributed by atoms with Crippen molar-refractivity contribution in [2.24, 2.45) is 0 Å². The number of hydrogen-bond donors (Lipinski definition) is 1. The summed E-state index contributed by atoms with van der Waals surface area (Å²) in [6, 6.07) is 7.71. The van der Waals surface area contributed by atoms with Gasteiger partial charge in [-0.25, -0.2) is 9.37 Å². The molecule has 5 heteroatoms. The molecule has 1 N–H and O–H groups in total. The second kappa shape index (κ2) is 5.25. The third-order valence-corrected chi connectivity index (χ3v) is 2.73. The van der Waals surface area contributed by atoms with Gasteiger partial charge >= 0.3 is 0 Å². The highest BCUT2D eigenvalue weighted by atomic mass is 79.9. The van der Waals surface area contributed by atoms with Gasteiger partial charge in [0.2, 0.25) is 5.88 Å². The zero-order valence-electron chi connectivity index (χ0n) is 8.73. The maximum absolute atomic E-state index is 13.0. The number of aliphatic hydroxyl groups is 1. The fourth-order valence-corrected chi connectivity index (χ4v) is 1.65. The van der Waals surface area contributed by atoms with Gasteiger partial charge in [-0.15, -0.1) is 0 Å². The van der Waals surface area contributed by atoms with Gasteiger partial charge in [-0.3, -0.25) is 0 Å². The van der Waals surface area contributed by atoms with E-state index in [0.29, 0.717) is 21.7 Å². The topological polar surface area (TPSA) is 42.4 Å². The zero-order valence-corrected chi connectivity index (χ0v) is 10.3. The van der Waals surface area contributed by atoms with Gasteiger partial charge in [0.05, 0.1) is 11.1 Å². The summed E-state index contributed by atoms with van der Waals surface area (Å²) in [5.41, 5.74) is 0.577. The van der Waals surface area contributed by atoms with E-state index in [9.17, 15) is 4.39 Å². The quantitative estimate of drug-likeness (QED) is 0.945. The van der Waals surface area contributed by atoms with Crippen molar-refractivity contribution in [2.45, 2.75) is 6.61 Å². The molecule has 2 aromatic rings. The summed E-state index contributed by atoms with van der Waals surface area (Å²) in [6.45, 7) is -0.161. The smallest absolute Gasteiger partial charge is 0.224 e. The van der Waals surface area contributed by atoms with Crippen LogP contribution in [0.3, 0.4) is 0 Å². The molecule has 0 radical (unpaired) electrons. The fraction of sp³-hybridized carbons (Fsp3) is 0.0833. The van der Waals surface area contributed by atoms with Crippen molar-refractivity contribution in [1.29, 1.82) is 0 Å². The average molecular weight is 298 g/mol. The molecule has 1 aromatic heterocycles. The first-order valence-corrected chi connectivity index (χ1v) is 5.67. The van der Waals surface area contributed by atoms with Gasteiger partial charge < -0.3 is 9.84 Å². The Morgan fingerprint density at radius 2 is 2.18 bits per heavy atom. The molecule has 17 heavy (non-hydrogen) atoms. The predicted molar refractivity (Wildman–Crippen MR) is 64.3 cm³/mol. The molecule has 0 atom stereocenters. The monoisotopic (exact) mass is 297 g/mol. The number of ether oxygens (including phenoxy) is 1. The van der Waals surface area contributed by atoms with Gasteiger partial charge in [-0.1, -0.05) is 0 Å². The molecule has 0 aliphatic rings. The van der Waals surface area contributed by atoms with Gasteiger partial charge in [-0.05, 0) is 46.3 Å². The molecule has 0 fully saturated rings. The lowest BCUT2D eigenvalue weighted by Crippen LogP contribution is -1.94. The van der Waals surface area contributed by atoms with E-state index in [1.165, 1.54) is 18.2 Å². The van der Waals surface area contributed by atoms with Crippen molar-refractivity contribution in [2.75, 3.05) is 0 Å². The van der Waals surface area contributed by atoms with Gasteiger partial charge in [0.15, 0.2) is 0 Å². The van der Waals surface area contributed by atoms with E-state index >= 15 is 0 Å². The maximum Gasteiger partial charge on any atom is 0.224 e. The fourth-order valence-electron chi connectivity index (χ4n) is 1.29. The van der Waals surface area contributed by atoms with Gasteiger partial charge in [0.25, 0.3) is 0 Å². The van der Waals surface area contributed by atoms with Gasteiger partial charge in [0, 0.05) is 11.8 Å². The second-order valence-electron chi connectivity index (χ2n) is 3.30. The normalized spacial score (nSPS) is 10.3. The molecule has 1 aromatic carbocycles. The summed E-state index contributed by atoms with van der Waals surface area (Å²) in [5.74, 6) is 0.404. The molecule has 1 heterocycles. The molecule has 0 amide bonds. The highest BCUT2D eigenvalue weighted by Crippen LogP contribution is 2.27. The molecule has 88 valence electrons. The Kier molecular flexibility index (Phi) is 3.71. The molecule has 0 saturated heterocycles. The number of aliphatic hydroxyl groups excluding tert-OH is 1. The first kappa shape index (κ1) is 12.0. The molecule has 0 unspecified atom stereocenters. The standard InChI is InChI=1S/C12H9BrFNO2/c13-10-6-9(3-4-11(10)14)17-12-8(7-16)2-1-5-15-12/h1-6,16H,7H2. The zero-order chi connectivity index (χ0) is 12.3. The van der Waals surface area contributed by atoms with Crippen molar-refractivity contribution in [3.63, 3.8) is 0 Å². The third kappa shape index (κ3) is 2.81. The summed E-state index contributed by atoms with van der Waals surface area (Å²) >= 11 is 3.07. The Morgan fingerprint density at radius 1 is 1.35 bits per heavy atom. The number of rotatable bonds is 3. The molecule has 3 nitrogen and oxygen atoms in total. The van der Waals surface area contributed by atoms with Crippen molar-refractivity contribution >= 4 is 15.9 Å². The lowest BCUT2D eigenvalue weighted by molar-refractivity contribution is 0.275. The molecule has 0 spiro atoms. The Bertz CT molecular complexity index is 534. The van der Waals surface area contributed by atoms with Crippen LogP contribution in [-0.4, -0.2) is 10.1 Å². The van der Waals surface area contributed by atoms with Crippen molar-refractivity contribution in [1.82, 2.24) is 4.98 Å². The Morgan fingerprint density at radius 3 is 2.88 bits per heavy atom. The van der Waals surface area contributed by atoms with Crippen molar-refractivity contribution < 1.29 is 14.2 Å². The number of hydrogen-bond acceptors (Lipinski definition) is 3. The third-order valence-electron chi connectivity index (χ3n) is 2.13. The summed E-state index contributed by atoms with van der Waals surface area (Å²) in [6.07, 6.45) is 1.56. The Hall–Kier alpha value is -1.46. The Balaban J connectivity index is 2.28. The minimum absolute atomic E-state index is 0.161. The summed E-state index contributed by atoms with van der Waals surface area (Å²) < 4.78 is 18.8. The number of nitrogens with zero attached hydrogens (tertiary/aromatic N) is 1. The van der Waals surface area contributed by atoms with E-state index in [4.69, 9.17) is 9.84 Å². The van der Waals surface area contributed by atoms with E-state index in [1.807, 2.05) is 0 Å². The molecule has 0 bridgehead atoms. The lowest BCUT2D eigenvalue weighted by Gasteiger charge is -2.08. The highest BCUT2D eigenvalue weighted by Gasteiger charge is 2.06. The van der Waals surface area contributed by atoms with E-state index < -0.39 is 0 Å². The number of aromatic nitrogens is 1. The minimum atomic E-state index is -0.360. The Labute approximate surface area is 106 Å². The molecular weight excluding hydrogens is 289 g/mol. The SMILES string of the molecule is OCc1cccnc1Oc1ccc(F)c(Br)c1. The number of halogens is 2. The van der Waals surface area contributed by atoms with Crippen LogP contribution in [0.4, 0.5) is 4.39 Å². The summed E-state index contributed by atoms with van der Waals surface area (Å²) in [4.78, 5) is 4.01. The summed E-state index contributed by atoms with van der Waals surface area (Å²) in [5, 5.41) is 9.11. The van der Waals surface area contributed by atoms with E-state index in [0.717, 1.165) is 0 Å². The summed E-state index contributed by atoms with van der Waals surface area (Å²) in [7, 11) is 0. The van der Waals surface area contributed by atoms with Crippen LogP contribution in [0.5, 0.6) is 11.6 Å². The van der Waals surface area contributed by atoms with Crippen molar-refractivity contribution in [3.05, 3.63) is 52.4 Å². The molecule has 2 rings (SSSR count). The molecular formula is C12H9BrFNO2. The minimum Gasteiger partial charge on any atom is -0.439 e. The molecule has 0 saturated carbocycles. The molecule has 0 aliphatic heterocycles. The lowest BCUT2D eigenvalue weighted by atomic mass is 10.3. The van der Waals surface area contributed by atoms with Crippen LogP contribution >= 0.6 is 15.9 Å². The first-order chi connectivity index (χ1) is 8.20. The van der Waals surface area contributed by atoms with E-state index in [2.05, 4.69) is 20.9 Å². The van der Waals surface area contributed by atoms with E-state index in [1.54, 1.807) is 18.3 Å². The van der Waals surface area contributed by atoms with Gasteiger partial charge in [-0.2, -0.15) is 0 Å². The van der Waals surface area contributed by atoms with Crippen LogP contribution in [0.2, 0.25) is 0 Å². The number of benzene rings is 1. The van der Waals surface area contributed by atoms with Crippen LogP contribution in [-0.2, 0) is 6.61 Å². The van der Waals surface area contributed by atoms with Crippen molar-refractivity contribution in [3.8, 4) is 11.6 Å². The van der Waals surface area contributed by atoms with E-state index in [-0.39, 0.29) is 12.4 Å². The van der Waals surface area contributed by atoms with Gasteiger partial charge in [0.1, 0.15) is 11.6 Å². The largest absolute Gasteiger partial charge is 0.439 e. The number of pyridine rings is 1. The molecule has 0 aliphatic carbocycles. The maximum atomic E-state index is 13.0. The van der Waals surface area contributed by atoms with Crippen LogP contribution in [0.25, 0.3) is 0 Å². The first-order valence-electron chi connectivity index (χ1n) is 4.88. The van der Waals surface area contributed by atoms with Crippen LogP contribution < -0.4 is 4.74 Å². The van der Waals surface area contributed by atoms with Crippen LogP contribution in [0.15, 0.2) is 41.0 Å². The average Bonchev–Trinajstić information content (AvgIpc) is 2.34. The van der Waals surface area contributed by atoms with Crippen LogP contribution in [0.1, 0.15) is 5.56 Å². The second-order valence-corrected chi connectivity index (χ2v) is 4.16. The van der Waals surface area contributed by atoms with Crippen LogP contribution in [0, 0.1) is 5.82 Å². The highest BCUT2D eigenvalue weighted by molar-refractivity contribution is 9.10. The predicted octanol–water partition coefficient (Wildman–Crippen LogP) is 3.27.